The van der Waals surface area contributed by atoms with Crippen molar-refractivity contribution in [3.63, 3.8) is 0 Å². The van der Waals surface area contributed by atoms with Gasteiger partial charge in [-0.1, -0.05) is 60.7 Å². The van der Waals surface area contributed by atoms with Crippen molar-refractivity contribution in [2.24, 2.45) is 0 Å². The van der Waals surface area contributed by atoms with E-state index in [1.54, 1.807) is 0 Å². The number of hydrogen-bond donors (Lipinski definition) is 2. The number of nitrogens with zero attached hydrogens (tertiary/aromatic N) is 4. The number of benzene rings is 2. The van der Waals surface area contributed by atoms with E-state index in [9.17, 15) is 24.3 Å². The van der Waals surface area contributed by atoms with Gasteiger partial charge in [-0.3, -0.25) is 14.4 Å². The summed E-state index contributed by atoms with van der Waals surface area (Å²) in [5.41, 5.74) is 1.51. The average molecular weight is 632 g/mol. The molecule has 2 amide bonds. The zero-order chi connectivity index (χ0) is 32.3. The summed E-state index contributed by atoms with van der Waals surface area (Å²) in [7, 11) is 0. The number of aliphatic carboxylic acids is 1. The first-order valence-corrected chi connectivity index (χ1v) is 15.4. The monoisotopic (exact) mass is 631 g/mol. The second-order valence-electron chi connectivity index (χ2n) is 11.1. The summed E-state index contributed by atoms with van der Waals surface area (Å²) in [4.78, 5) is 66.5. The van der Waals surface area contributed by atoms with E-state index in [2.05, 4.69) is 15.3 Å². The van der Waals surface area contributed by atoms with Crippen LogP contribution >= 0.6 is 0 Å². The SMILES string of the molecule is O=C(O)CC[C@H](NC(=O)c1cc(OC2CCCC2)nc(-c2ccccc2)n1)C(=O)N1CCN(OC(=O)OCc2ccccc2)CC1. The molecule has 2 aliphatic rings. The summed E-state index contributed by atoms with van der Waals surface area (Å²) < 4.78 is 11.3. The number of carbonyl (C=O) groups excluding carboxylic acids is 3. The van der Waals surface area contributed by atoms with E-state index in [0.717, 1.165) is 31.2 Å². The van der Waals surface area contributed by atoms with Gasteiger partial charge in [-0.15, -0.1) is 5.06 Å². The fraction of sp³-hybridized carbons (Fsp3) is 0.394. The molecule has 0 unspecified atom stereocenters. The van der Waals surface area contributed by atoms with Crippen LogP contribution in [0.25, 0.3) is 11.4 Å². The highest BCUT2D eigenvalue weighted by molar-refractivity contribution is 5.96. The van der Waals surface area contributed by atoms with Crippen molar-refractivity contribution in [3.8, 4) is 17.3 Å². The highest BCUT2D eigenvalue weighted by Crippen LogP contribution is 2.25. The predicted octanol–water partition coefficient (Wildman–Crippen LogP) is 3.84. The number of hydroxylamine groups is 2. The molecule has 1 aliphatic heterocycles. The predicted molar refractivity (Wildman–Crippen MR) is 164 cm³/mol. The number of rotatable bonds is 12. The van der Waals surface area contributed by atoms with E-state index in [-0.39, 0.29) is 63.3 Å². The van der Waals surface area contributed by atoms with E-state index >= 15 is 0 Å². The Bertz CT molecular complexity index is 1490. The molecule has 0 bridgehead atoms. The number of aromatic nitrogens is 2. The molecule has 5 rings (SSSR count). The third-order valence-electron chi connectivity index (χ3n) is 7.76. The smallest absolute Gasteiger partial charge is 0.481 e. The number of nitrogens with one attached hydrogen (secondary N) is 1. The highest BCUT2D eigenvalue weighted by Gasteiger charge is 2.31. The standard InChI is InChI=1S/C33H37N5O8/c39-29(40)16-15-26(32(42)37-17-19-38(20-18-37)46-33(43)44-22-23-9-3-1-4-10-23)35-31(41)27-21-28(45-25-13-7-8-14-25)36-30(34-27)24-11-5-2-6-12-24/h1-6,9-12,21,25-26H,7-8,13-20,22H2,(H,35,41)(H,39,40)/t26-/m0/s1. The van der Waals surface area contributed by atoms with Crippen LogP contribution in [0, 0.1) is 0 Å². The minimum Gasteiger partial charge on any atom is -0.481 e. The molecule has 2 fully saturated rings. The average Bonchev–Trinajstić information content (AvgIpc) is 3.59. The lowest BCUT2D eigenvalue weighted by Gasteiger charge is -2.35. The summed E-state index contributed by atoms with van der Waals surface area (Å²) in [5.74, 6) is -1.63. The Labute approximate surface area is 266 Å². The number of carboxylic acid groups (broad SMARTS) is 1. The minimum absolute atomic E-state index is 0.00205. The van der Waals surface area contributed by atoms with Crippen molar-refractivity contribution in [2.75, 3.05) is 26.2 Å². The van der Waals surface area contributed by atoms with Gasteiger partial charge in [-0.2, -0.15) is 4.98 Å². The van der Waals surface area contributed by atoms with E-state index < -0.39 is 30.0 Å². The number of amides is 2. The van der Waals surface area contributed by atoms with Crippen molar-refractivity contribution in [3.05, 3.63) is 78.0 Å². The Morgan fingerprint density at radius 2 is 1.59 bits per heavy atom. The Balaban J connectivity index is 1.22. The molecule has 1 aliphatic carbocycles. The van der Waals surface area contributed by atoms with E-state index in [1.807, 2.05) is 60.7 Å². The maximum Gasteiger partial charge on any atom is 0.528 e. The molecule has 1 saturated carbocycles. The van der Waals surface area contributed by atoms with Gasteiger partial charge in [0.15, 0.2) is 5.82 Å². The van der Waals surface area contributed by atoms with Crippen molar-refractivity contribution < 1.29 is 38.6 Å². The third-order valence-corrected chi connectivity index (χ3v) is 7.76. The summed E-state index contributed by atoms with van der Waals surface area (Å²) in [6.07, 6.45) is 2.59. The minimum atomic E-state index is -1.12. The second kappa shape index (κ2) is 15.8. The van der Waals surface area contributed by atoms with Crippen molar-refractivity contribution in [2.45, 2.75) is 57.3 Å². The largest absolute Gasteiger partial charge is 0.528 e. The molecule has 13 nitrogen and oxygen atoms in total. The molecule has 1 aromatic heterocycles. The summed E-state index contributed by atoms with van der Waals surface area (Å²) in [6, 6.07) is 18.7. The van der Waals surface area contributed by atoms with Gasteiger partial charge in [0, 0.05) is 31.1 Å². The van der Waals surface area contributed by atoms with Gasteiger partial charge in [-0.25, -0.2) is 9.78 Å². The number of ether oxygens (including phenoxy) is 2. The number of carboxylic acids is 1. The van der Waals surface area contributed by atoms with Gasteiger partial charge in [-0.05, 0) is 37.7 Å². The van der Waals surface area contributed by atoms with Crippen LogP contribution < -0.4 is 10.1 Å². The molecule has 0 spiro atoms. The molecule has 0 radical (unpaired) electrons. The van der Waals surface area contributed by atoms with Crippen LogP contribution in [-0.2, 0) is 25.8 Å². The Kier molecular flexibility index (Phi) is 11.1. The second-order valence-corrected chi connectivity index (χ2v) is 11.1. The Hall–Kier alpha value is -5.04. The summed E-state index contributed by atoms with van der Waals surface area (Å²) in [6.45, 7) is 0.862. The molecular formula is C33H37N5O8. The fourth-order valence-electron chi connectivity index (χ4n) is 5.32. The molecule has 1 saturated heterocycles. The maximum absolute atomic E-state index is 13.6. The Morgan fingerprint density at radius 1 is 0.913 bits per heavy atom. The number of carbonyl (C=O) groups is 4. The maximum atomic E-state index is 13.6. The van der Waals surface area contributed by atoms with E-state index in [1.165, 1.54) is 16.0 Å². The van der Waals surface area contributed by atoms with Crippen LogP contribution in [0.2, 0.25) is 0 Å². The molecule has 2 N–H and O–H groups in total. The lowest BCUT2D eigenvalue weighted by molar-refractivity contribution is -0.158. The van der Waals surface area contributed by atoms with Gasteiger partial charge >= 0.3 is 12.1 Å². The first kappa shape index (κ1) is 32.4. The quantitative estimate of drug-likeness (QED) is 0.280. The molecule has 3 aromatic rings. The first-order chi connectivity index (χ1) is 22.3. The molecule has 2 heterocycles. The van der Waals surface area contributed by atoms with Crippen LogP contribution in [0.15, 0.2) is 66.7 Å². The van der Waals surface area contributed by atoms with E-state index in [4.69, 9.17) is 14.3 Å². The lowest BCUT2D eigenvalue weighted by atomic mass is 10.1. The van der Waals surface area contributed by atoms with Crippen molar-refractivity contribution >= 4 is 23.9 Å². The van der Waals surface area contributed by atoms with Gasteiger partial charge in [0.25, 0.3) is 5.91 Å². The molecule has 13 heteroatoms. The first-order valence-electron chi connectivity index (χ1n) is 15.4. The van der Waals surface area contributed by atoms with Crippen LogP contribution in [0.4, 0.5) is 4.79 Å². The number of piperazine rings is 1. The summed E-state index contributed by atoms with van der Waals surface area (Å²) >= 11 is 0. The molecule has 46 heavy (non-hydrogen) atoms. The topological polar surface area (TPSA) is 160 Å². The van der Waals surface area contributed by atoms with Crippen LogP contribution in [-0.4, -0.2) is 87.3 Å². The normalized spacial score (nSPS) is 16.0. The van der Waals surface area contributed by atoms with Crippen molar-refractivity contribution in [1.82, 2.24) is 25.2 Å². The van der Waals surface area contributed by atoms with Gasteiger partial charge in [0.2, 0.25) is 11.8 Å². The molecular weight excluding hydrogens is 594 g/mol. The Morgan fingerprint density at radius 3 is 2.26 bits per heavy atom. The molecule has 1 atom stereocenters. The zero-order valence-electron chi connectivity index (χ0n) is 25.4. The zero-order valence-corrected chi connectivity index (χ0v) is 25.4. The molecule has 2 aromatic carbocycles. The van der Waals surface area contributed by atoms with Gasteiger partial charge in [0.1, 0.15) is 24.4 Å². The third kappa shape index (κ3) is 9.24. The van der Waals surface area contributed by atoms with Crippen LogP contribution in [0.1, 0.15) is 54.6 Å². The summed E-state index contributed by atoms with van der Waals surface area (Å²) in [5, 5.41) is 13.4. The van der Waals surface area contributed by atoms with E-state index in [0.29, 0.717) is 11.4 Å². The van der Waals surface area contributed by atoms with Crippen LogP contribution in [0.5, 0.6) is 5.88 Å². The van der Waals surface area contributed by atoms with Crippen molar-refractivity contribution in [1.29, 1.82) is 0 Å². The molecule has 242 valence electrons. The van der Waals surface area contributed by atoms with Gasteiger partial charge < -0.3 is 29.6 Å². The highest BCUT2D eigenvalue weighted by atomic mass is 16.8. The van der Waals surface area contributed by atoms with Crippen LogP contribution in [0.3, 0.4) is 0 Å². The lowest BCUT2D eigenvalue weighted by Crippen LogP contribution is -2.55. The van der Waals surface area contributed by atoms with Gasteiger partial charge in [0.05, 0.1) is 13.1 Å². The number of hydrogen-bond acceptors (Lipinski definition) is 10. The fourth-order valence-corrected chi connectivity index (χ4v) is 5.32.